The van der Waals surface area contributed by atoms with Crippen LogP contribution in [0.25, 0.3) is 0 Å². The Balaban J connectivity index is 1.75. The van der Waals surface area contributed by atoms with Crippen LogP contribution in [-0.2, 0) is 16.1 Å². The van der Waals surface area contributed by atoms with E-state index in [0.29, 0.717) is 24.6 Å². The second kappa shape index (κ2) is 5.95. The van der Waals surface area contributed by atoms with Crippen LogP contribution in [0.3, 0.4) is 0 Å². The van der Waals surface area contributed by atoms with Crippen LogP contribution in [0, 0.1) is 11.8 Å². The van der Waals surface area contributed by atoms with E-state index in [-0.39, 0.29) is 18.3 Å². The summed E-state index contributed by atoms with van der Waals surface area (Å²) >= 11 is 0. The first-order chi connectivity index (χ1) is 10.6. The van der Waals surface area contributed by atoms with Crippen molar-refractivity contribution in [2.45, 2.75) is 33.3 Å². The molecule has 1 aliphatic carbocycles. The summed E-state index contributed by atoms with van der Waals surface area (Å²) in [5.41, 5.74) is 2.68. The molecule has 1 heterocycles. The summed E-state index contributed by atoms with van der Waals surface area (Å²) < 4.78 is 5.40. The van der Waals surface area contributed by atoms with Crippen molar-refractivity contribution < 1.29 is 14.3 Å². The van der Waals surface area contributed by atoms with E-state index in [1.165, 1.54) is 0 Å². The number of hydrogen-bond donors (Lipinski definition) is 0. The fraction of sp³-hybridized carbons (Fsp3) is 0.444. The number of ketones is 1. The minimum absolute atomic E-state index is 0.0747. The van der Waals surface area contributed by atoms with Crippen molar-refractivity contribution in [2.75, 3.05) is 6.54 Å². The first kappa shape index (κ1) is 14.8. The first-order valence-corrected chi connectivity index (χ1v) is 7.83. The predicted molar refractivity (Wildman–Crippen MR) is 82.9 cm³/mol. The standard InChI is InChI=1S/C18H21NO3/c1-12-8-9-19(17-15(20)10-13(2)16(12)17)18(21)22-11-14-6-4-3-5-7-14/h3-7,12-13H,8-11H2,1-2H3/t12-,13+/m1/s1. The van der Waals surface area contributed by atoms with E-state index >= 15 is 0 Å². The number of Topliss-reactive ketones (excluding diaryl/α,β-unsaturated/α-hetero) is 1. The van der Waals surface area contributed by atoms with Crippen LogP contribution in [0.1, 0.15) is 32.3 Å². The third-order valence-electron chi connectivity index (χ3n) is 4.57. The highest BCUT2D eigenvalue weighted by atomic mass is 16.6. The number of amides is 1. The van der Waals surface area contributed by atoms with Gasteiger partial charge < -0.3 is 4.74 Å². The summed E-state index contributed by atoms with van der Waals surface area (Å²) in [6, 6.07) is 9.58. The van der Waals surface area contributed by atoms with Crippen LogP contribution in [0.2, 0.25) is 0 Å². The molecule has 4 nitrogen and oxygen atoms in total. The molecular formula is C18H21NO3. The van der Waals surface area contributed by atoms with E-state index in [1.54, 1.807) is 4.90 Å². The third kappa shape index (κ3) is 2.65. The minimum Gasteiger partial charge on any atom is -0.444 e. The molecule has 0 bridgehead atoms. The normalized spacial score (nSPS) is 24.5. The summed E-state index contributed by atoms with van der Waals surface area (Å²) in [5, 5.41) is 0. The van der Waals surface area contributed by atoms with E-state index in [4.69, 9.17) is 4.74 Å². The zero-order valence-corrected chi connectivity index (χ0v) is 13.0. The molecule has 0 saturated carbocycles. The monoisotopic (exact) mass is 299 g/mol. The van der Waals surface area contributed by atoms with E-state index < -0.39 is 6.09 Å². The number of hydrogen-bond acceptors (Lipinski definition) is 3. The maximum absolute atomic E-state index is 12.4. The molecule has 1 aromatic rings. The van der Waals surface area contributed by atoms with E-state index in [0.717, 1.165) is 17.6 Å². The molecule has 3 rings (SSSR count). The van der Waals surface area contributed by atoms with Crippen LogP contribution in [0.5, 0.6) is 0 Å². The van der Waals surface area contributed by atoms with E-state index in [1.807, 2.05) is 30.3 Å². The Morgan fingerprint density at radius 3 is 2.68 bits per heavy atom. The van der Waals surface area contributed by atoms with Gasteiger partial charge in [0, 0.05) is 13.0 Å². The summed E-state index contributed by atoms with van der Waals surface area (Å²) in [5.74, 6) is 0.683. The van der Waals surface area contributed by atoms with Gasteiger partial charge in [0.05, 0.1) is 5.70 Å². The Hall–Kier alpha value is -2.10. The van der Waals surface area contributed by atoms with Crippen molar-refractivity contribution in [1.82, 2.24) is 4.90 Å². The van der Waals surface area contributed by atoms with Gasteiger partial charge in [-0.05, 0) is 29.4 Å². The quantitative estimate of drug-likeness (QED) is 0.839. The zero-order valence-electron chi connectivity index (χ0n) is 13.0. The molecule has 22 heavy (non-hydrogen) atoms. The molecule has 0 N–H and O–H groups in total. The number of allylic oxidation sites excluding steroid dienone is 2. The number of nitrogens with zero attached hydrogens (tertiary/aromatic N) is 1. The minimum atomic E-state index is -0.411. The fourth-order valence-electron chi connectivity index (χ4n) is 3.47. The van der Waals surface area contributed by atoms with Crippen LogP contribution in [0.4, 0.5) is 4.79 Å². The van der Waals surface area contributed by atoms with Crippen molar-refractivity contribution in [3.63, 3.8) is 0 Å². The van der Waals surface area contributed by atoms with Crippen LogP contribution >= 0.6 is 0 Å². The summed E-state index contributed by atoms with van der Waals surface area (Å²) in [6.07, 6.45) is 0.986. The zero-order chi connectivity index (χ0) is 15.7. The second-order valence-corrected chi connectivity index (χ2v) is 6.21. The Kier molecular flexibility index (Phi) is 4.01. The molecule has 1 aliphatic heterocycles. The van der Waals surface area contributed by atoms with Gasteiger partial charge in [-0.1, -0.05) is 44.2 Å². The highest BCUT2D eigenvalue weighted by Crippen LogP contribution is 2.40. The molecule has 116 valence electrons. The van der Waals surface area contributed by atoms with Gasteiger partial charge in [-0.15, -0.1) is 0 Å². The van der Waals surface area contributed by atoms with Crippen LogP contribution < -0.4 is 0 Å². The van der Waals surface area contributed by atoms with Crippen LogP contribution in [0.15, 0.2) is 41.6 Å². The van der Waals surface area contributed by atoms with E-state index in [2.05, 4.69) is 13.8 Å². The van der Waals surface area contributed by atoms with Gasteiger partial charge in [0.2, 0.25) is 0 Å². The van der Waals surface area contributed by atoms with E-state index in [9.17, 15) is 9.59 Å². The first-order valence-electron chi connectivity index (χ1n) is 7.83. The number of ether oxygens (including phenoxy) is 1. The second-order valence-electron chi connectivity index (χ2n) is 6.21. The molecule has 1 amide bonds. The highest BCUT2D eigenvalue weighted by Gasteiger charge is 2.40. The molecule has 0 saturated heterocycles. The molecule has 0 radical (unpaired) electrons. The smallest absolute Gasteiger partial charge is 0.414 e. The molecule has 4 heteroatoms. The maximum Gasteiger partial charge on any atom is 0.414 e. The lowest BCUT2D eigenvalue weighted by atomic mass is 9.87. The fourth-order valence-corrected chi connectivity index (χ4v) is 3.47. The van der Waals surface area contributed by atoms with Crippen molar-refractivity contribution >= 4 is 11.9 Å². The van der Waals surface area contributed by atoms with Crippen LogP contribution in [-0.4, -0.2) is 23.3 Å². The Bertz CT molecular complexity index is 620. The van der Waals surface area contributed by atoms with Crippen molar-refractivity contribution in [1.29, 1.82) is 0 Å². The largest absolute Gasteiger partial charge is 0.444 e. The Labute approximate surface area is 130 Å². The van der Waals surface area contributed by atoms with Gasteiger partial charge >= 0.3 is 6.09 Å². The SMILES string of the molecule is C[C@@H]1CCN(C(=O)OCc2ccccc2)C2=C1[C@@H](C)CC2=O. The Morgan fingerprint density at radius 1 is 1.23 bits per heavy atom. The Morgan fingerprint density at radius 2 is 1.95 bits per heavy atom. The number of carbonyl (C=O) groups excluding carboxylic acids is 2. The van der Waals surface area contributed by atoms with Crippen molar-refractivity contribution in [3.8, 4) is 0 Å². The summed E-state index contributed by atoms with van der Waals surface area (Å²) in [4.78, 5) is 26.2. The average molecular weight is 299 g/mol. The molecular weight excluding hydrogens is 278 g/mol. The van der Waals surface area contributed by atoms with Gasteiger partial charge in [-0.25, -0.2) is 4.79 Å². The molecule has 0 fully saturated rings. The van der Waals surface area contributed by atoms with Crippen molar-refractivity contribution in [3.05, 3.63) is 47.2 Å². The highest BCUT2D eigenvalue weighted by molar-refractivity contribution is 6.01. The lowest BCUT2D eigenvalue weighted by Crippen LogP contribution is -2.38. The lowest BCUT2D eigenvalue weighted by molar-refractivity contribution is -0.116. The van der Waals surface area contributed by atoms with Gasteiger partial charge in [0.15, 0.2) is 5.78 Å². The average Bonchev–Trinajstić information content (AvgIpc) is 2.82. The molecule has 0 aromatic heterocycles. The molecule has 2 atom stereocenters. The van der Waals surface area contributed by atoms with Crippen molar-refractivity contribution in [2.24, 2.45) is 11.8 Å². The summed E-state index contributed by atoms with van der Waals surface area (Å²) in [7, 11) is 0. The third-order valence-corrected chi connectivity index (χ3v) is 4.57. The molecule has 0 spiro atoms. The molecule has 1 aromatic carbocycles. The number of rotatable bonds is 2. The summed E-state index contributed by atoms with van der Waals surface area (Å²) in [6.45, 7) is 5.00. The maximum atomic E-state index is 12.4. The van der Waals surface area contributed by atoms with Gasteiger partial charge in [0.25, 0.3) is 0 Å². The van der Waals surface area contributed by atoms with Gasteiger partial charge in [-0.2, -0.15) is 0 Å². The van der Waals surface area contributed by atoms with Gasteiger partial charge in [0.1, 0.15) is 6.61 Å². The molecule has 0 unspecified atom stereocenters. The predicted octanol–water partition coefficient (Wildman–Crippen LogP) is 3.53. The lowest BCUT2D eigenvalue weighted by Gasteiger charge is -2.32. The molecule has 2 aliphatic rings. The van der Waals surface area contributed by atoms with Gasteiger partial charge in [-0.3, -0.25) is 9.69 Å². The number of carbonyl (C=O) groups is 2. The number of benzene rings is 1. The topological polar surface area (TPSA) is 46.6 Å².